The first kappa shape index (κ1) is 37.9. The van der Waals surface area contributed by atoms with Crippen molar-refractivity contribution in [2.24, 2.45) is 4.99 Å². The zero-order valence-corrected chi connectivity index (χ0v) is 36.9. The Morgan fingerprint density at radius 2 is 1.38 bits per heavy atom. The van der Waals surface area contributed by atoms with Crippen LogP contribution < -0.4 is 10.6 Å². The van der Waals surface area contributed by atoms with Gasteiger partial charge in [-0.25, -0.2) is 4.99 Å². The van der Waals surface area contributed by atoms with E-state index in [0.29, 0.717) is 0 Å². The Kier molecular flexibility index (Phi) is 8.63. The van der Waals surface area contributed by atoms with E-state index in [1.54, 1.807) is 0 Å². The predicted octanol–water partition coefficient (Wildman–Crippen LogP) is 14.5. The van der Waals surface area contributed by atoms with Gasteiger partial charge in [-0.05, 0) is 155 Å². The first-order valence-electron chi connectivity index (χ1n) is 24.0. The normalized spacial score (nSPS) is 18.9. The fourth-order valence-electron chi connectivity index (χ4n) is 11.9. The fraction of sp³-hybridized carbons (Fsp3) is 0.164. The SMILES string of the molecule is C1=CC(C2=NC(c3cc4c(c5ccccc35)CCC=C4)NC(c3cccc(-n4c5c(c6cc7ccccc7cc64)C=C(n4c6ccccc6c6c7c(ccc64)CCC=C7)CC5)c3)N2)=CCC1. The molecule has 0 bridgehead atoms. The Hall–Kier alpha value is -7.47. The molecule has 5 nitrogen and oxygen atoms in total. The van der Waals surface area contributed by atoms with Crippen molar-refractivity contribution in [2.45, 2.75) is 63.7 Å². The molecule has 66 heavy (non-hydrogen) atoms. The molecule has 14 rings (SSSR count). The second-order valence-electron chi connectivity index (χ2n) is 18.8. The van der Waals surface area contributed by atoms with Gasteiger partial charge in [-0.1, -0.05) is 127 Å². The summed E-state index contributed by atoms with van der Waals surface area (Å²) in [5.74, 6) is 0.942. The standard InChI is InChI=1S/C61H49N5/c1-2-16-39(17-3-1)59-62-60(64-61(63-59)53-35-42-20-7-8-23-46(42)48-25-10-11-26-49(48)53)43-21-14-22-44(33-43)66-55-32-30-45(37-52(55)51-34-40-18-4-5-19-41(40)36-57(51)66)65-54-28-13-12-27-50(54)58-47-24-9-6-15-38(47)29-31-56(58)65/h2,4-5,7,9-14,16-22,24-29,31,33-37,60-61,64H,1,3,6,8,15,23,30,32H2,(H,62,63). The number of hydrogen-bond acceptors (Lipinski definition) is 3. The summed E-state index contributed by atoms with van der Waals surface area (Å²) in [4.78, 5) is 5.47. The highest BCUT2D eigenvalue weighted by molar-refractivity contribution is 6.15. The van der Waals surface area contributed by atoms with Crippen molar-refractivity contribution in [2.75, 3.05) is 0 Å². The topological polar surface area (TPSA) is 46.3 Å². The Labute approximate surface area is 384 Å². The van der Waals surface area contributed by atoms with Crippen LogP contribution in [-0.2, 0) is 19.3 Å². The lowest BCUT2D eigenvalue weighted by Gasteiger charge is -2.34. The van der Waals surface area contributed by atoms with Crippen LogP contribution in [0.3, 0.4) is 0 Å². The molecule has 2 unspecified atom stereocenters. The smallest absolute Gasteiger partial charge is 0.131 e. The average molecular weight is 852 g/mol. The molecule has 7 aromatic carbocycles. The van der Waals surface area contributed by atoms with Crippen LogP contribution in [-0.4, -0.2) is 15.0 Å². The fourth-order valence-corrected chi connectivity index (χ4v) is 11.9. The van der Waals surface area contributed by atoms with Gasteiger partial charge < -0.3 is 14.5 Å². The van der Waals surface area contributed by atoms with Gasteiger partial charge in [0.15, 0.2) is 0 Å². The van der Waals surface area contributed by atoms with Gasteiger partial charge >= 0.3 is 0 Å². The van der Waals surface area contributed by atoms with Gasteiger partial charge in [0.25, 0.3) is 0 Å². The average Bonchev–Trinajstić information content (AvgIpc) is 3.90. The quantitative estimate of drug-likeness (QED) is 0.181. The number of aliphatic imine (C=N–C) groups is 1. The third-order valence-electron chi connectivity index (χ3n) is 15.0. The highest BCUT2D eigenvalue weighted by Crippen LogP contribution is 2.44. The molecule has 5 heteroatoms. The number of allylic oxidation sites excluding steroid dienone is 5. The Morgan fingerprint density at radius 3 is 2.29 bits per heavy atom. The van der Waals surface area contributed by atoms with E-state index in [4.69, 9.17) is 4.99 Å². The van der Waals surface area contributed by atoms with Gasteiger partial charge in [0, 0.05) is 44.4 Å². The van der Waals surface area contributed by atoms with Crippen LogP contribution in [0.15, 0.2) is 168 Å². The molecule has 0 saturated carbocycles. The summed E-state index contributed by atoms with van der Waals surface area (Å²) < 4.78 is 5.13. The van der Waals surface area contributed by atoms with Crippen LogP contribution in [0.5, 0.6) is 0 Å². The maximum Gasteiger partial charge on any atom is 0.131 e. The van der Waals surface area contributed by atoms with E-state index in [1.165, 1.54) is 110 Å². The van der Waals surface area contributed by atoms with Crippen LogP contribution in [0, 0.1) is 0 Å². The molecular formula is C61H49N5. The molecular weight excluding hydrogens is 803 g/mol. The third-order valence-corrected chi connectivity index (χ3v) is 15.0. The van der Waals surface area contributed by atoms with Crippen LogP contribution in [0.1, 0.15) is 89.1 Å². The van der Waals surface area contributed by atoms with Crippen LogP contribution in [0.4, 0.5) is 0 Å². The van der Waals surface area contributed by atoms with Crippen molar-refractivity contribution < 1.29 is 0 Å². The van der Waals surface area contributed by atoms with Crippen LogP contribution in [0.2, 0.25) is 0 Å². The number of benzene rings is 7. The maximum atomic E-state index is 5.47. The molecule has 0 amide bonds. The maximum absolute atomic E-state index is 5.47. The summed E-state index contributed by atoms with van der Waals surface area (Å²) in [6, 6.07) is 48.0. The van der Waals surface area contributed by atoms with Gasteiger partial charge in [0.2, 0.25) is 0 Å². The van der Waals surface area contributed by atoms with Crippen molar-refractivity contribution in [1.82, 2.24) is 19.8 Å². The molecule has 0 fully saturated rings. The lowest BCUT2D eigenvalue weighted by Crippen LogP contribution is -2.45. The number of aryl methyl sites for hydroxylation is 2. The second kappa shape index (κ2) is 15.0. The molecule has 2 atom stereocenters. The molecule has 9 aromatic rings. The molecule has 0 radical (unpaired) electrons. The second-order valence-corrected chi connectivity index (χ2v) is 18.8. The Morgan fingerprint density at radius 1 is 0.561 bits per heavy atom. The van der Waals surface area contributed by atoms with E-state index < -0.39 is 0 Å². The number of para-hydroxylation sites is 1. The van der Waals surface area contributed by atoms with Gasteiger partial charge in [-0.3, -0.25) is 5.32 Å². The largest absolute Gasteiger partial charge is 0.350 e. The van der Waals surface area contributed by atoms with Crippen molar-refractivity contribution in [3.63, 3.8) is 0 Å². The van der Waals surface area contributed by atoms with Crippen molar-refractivity contribution in [3.05, 3.63) is 208 Å². The summed E-state index contributed by atoms with van der Waals surface area (Å²) in [5, 5.41) is 17.0. The molecule has 2 aromatic heterocycles. The van der Waals surface area contributed by atoms with Crippen LogP contribution >= 0.6 is 0 Å². The minimum absolute atomic E-state index is 0.176. The Balaban J connectivity index is 0.920. The first-order chi connectivity index (χ1) is 32.7. The number of amidine groups is 1. The third kappa shape index (κ3) is 5.92. The summed E-state index contributed by atoms with van der Waals surface area (Å²) in [6.07, 6.45) is 26.6. The summed E-state index contributed by atoms with van der Waals surface area (Å²) >= 11 is 0. The highest BCUT2D eigenvalue weighted by Gasteiger charge is 2.30. The number of nitrogens with zero attached hydrogens (tertiary/aromatic N) is 3. The predicted molar refractivity (Wildman–Crippen MR) is 277 cm³/mol. The summed E-state index contributed by atoms with van der Waals surface area (Å²) in [7, 11) is 0. The van der Waals surface area contributed by atoms with E-state index in [9.17, 15) is 0 Å². The zero-order chi connectivity index (χ0) is 43.3. The molecule has 4 aliphatic carbocycles. The minimum Gasteiger partial charge on any atom is -0.350 e. The monoisotopic (exact) mass is 851 g/mol. The minimum atomic E-state index is -0.242. The van der Waals surface area contributed by atoms with Gasteiger partial charge in [-0.2, -0.15) is 0 Å². The first-order valence-corrected chi connectivity index (χ1v) is 24.0. The van der Waals surface area contributed by atoms with E-state index in [0.717, 1.165) is 62.8 Å². The van der Waals surface area contributed by atoms with E-state index in [2.05, 4.69) is 196 Å². The van der Waals surface area contributed by atoms with E-state index in [1.807, 2.05) is 0 Å². The summed E-state index contributed by atoms with van der Waals surface area (Å²) in [5.41, 5.74) is 18.2. The van der Waals surface area contributed by atoms with Crippen molar-refractivity contribution in [3.8, 4) is 5.69 Å². The Bertz CT molecular complexity index is 3730. The number of rotatable bonds is 5. The van der Waals surface area contributed by atoms with Gasteiger partial charge in [0.1, 0.15) is 18.2 Å². The molecule has 2 N–H and O–H groups in total. The van der Waals surface area contributed by atoms with E-state index >= 15 is 0 Å². The number of aromatic nitrogens is 2. The number of fused-ring (bicyclic) bond motifs is 12. The molecule has 3 heterocycles. The molecule has 318 valence electrons. The van der Waals surface area contributed by atoms with Gasteiger partial charge in [0.05, 0.1) is 16.6 Å². The van der Waals surface area contributed by atoms with Crippen LogP contribution in [0.25, 0.3) is 83.9 Å². The van der Waals surface area contributed by atoms with E-state index in [-0.39, 0.29) is 12.3 Å². The number of hydrogen-bond donors (Lipinski definition) is 2. The number of nitrogens with one attached hydrogen (secondary N) is 2. The molecule has 5 aliphatic rings. The highest BCUT2D eigenvalue weighted by atomic mass is 15.3. The zero-order valence-electron chi connectivity index (χ0n) is 36.9. The molecule has 1 aliphatic heterocycles. The van der Waals surface area contributed by atoms with Gasteiger partial charge in [-0.15, -0.1) is 0 Å². The van der Waals surface area contributed by atoms with Crippen molar-refractivity contribution >= 4 is 84.0 Å². The molecule has 0 saturated heterocycles. The lowest BCUT2D eigenvalue weighted by atomic mass is 9.88. The summed E-state index contributed by atoms with van der Waals surface area (Å²) in [6.45, 7) is 0. The molecule has 0 spiro atoms. The van der Waals surface area contributed by atoms with Crippen molar-refractivity contribution in [1.29, 1.82) is 0 Å². The lowest BCUT2D eigenvalue weighted by molar-refractivity contribution is 0.410.